The number of halogens is 1. The normalized spacial score (nSPS) is 12.2. The number of hydrogen-bond acceptors (Lipinski definition) is 0. The van der Waals surface area contributed by atoms with Crippen LogP contribution in [0.1, 0.15) is 19.4 Å². The molecule has 1 rings (SSSR count). The summed E-state index contributed by atoms with van der Waals surface area (Å²) in [7, 11) is 0. The SMILES string of the molecule is CC(C)C(Cl)=Cc1ccccc1. The fraction of sp³-hybridized carbons (Fsp3) is 0.273. The second-order valence-electron chi connectivity index (χ2n) is 3.09. The quantitative estimate of drug-likeness (QED) is 0.647. The van der Waals surface area contributed by atoms with Crippen molar-refractivity contribution in [1.29, 1.82) is 0 Å². The van der Waals surface area contributed by atoms with E-state index in [1.54, 1.807) is 0 Å². The summed E-state index contributed by atoms with van der Waals surface area (Å²) >= 11 is 6.01. The zero-order chi connectivity index (χ0) is 8.97. The maximum absolute atomic E-state index is 6.01. The standard InChI is InChI=1S/C11H13Cl/c1-9(2)11(12)8-10-6-4-3-5-7-10/h3-9H,1-2H3. The van der Waals surface area contributed by atoms with Gasteiger partial charge in [0.25, 0.3) is 0 Å². The average molecular weight is 181 g/mol. The molecule has 0 heterocycles. The average Bonchev–Trinajstić information content (AvgIpc) is 2.06. The maximum Gasteiger partial charge on any atom is 0.0212 e. The van der Waals surface area contributed by atoms with Crippen LogP contribution in [0, 0.1) is 5.92 Å². The third-order valence-corrected chi connectivity index (χ3v) is 2.20. The Morgan fingerprint density at radius 2 is 1.83 bits per heavy atom. The number of benzene rings is 1. The van der Waals surface area contributed by atoms with E-state index in [4.69, 9.17) is 11.6 Å². The molecule has 64 valence electrons. The van der Waals surface area contributed by atoms with Crippen molar-refractivity contribution in [2.24, 2.45) is 5.92 Å². The second kappa shape index (κ2) is 4.32. The molecular formula is C11H13Cl. The molecule has 1 heteroatoms. The molecule has 0 unspecified atom stereocenters. The summed E-state index contributed by atoms with van der Waals surface area (Å²) in [6.45, 7) is 4.17. The van der Waals surface area contributed by atoms with Crippen molar-refractivity contribution >= 4 is 17.7 Å². The zero-order valence-corrected chi connectivity index (χ0v) is 8.18. The minimum Gasteiger partial charge on any atom is -0.0888 e. The molecule has 0 saturated heterocycles. The fourth-order valence-electron chi connectivity index (χ4n) is 0.875. The van der Waals surface area contributed by atoms with Gasteiger partial charge in [-0.2, -0.15) is 0 Å². The zero-order valence-electron chi connectivity index (χ0n) is 7.42. The molecule has 0 aromatic heterocycles. The largest absolute Gasteiger partial charge is 0.0888 e. The maximum atomic E-state index is 6.01. The van der Waals surface area contributed by atoms with Gasteiger partial charge in [-0.1, -0.05) is 55.8 Å². The van der Waals surface area contributed by atoms with E-state index in [-0.39, 0.29) is 0 Å². The molecular weight excluding hydrogens is 168 g/mol. The van der Waals surface area contributed by atoms with Gasteiger partial charge in [-0.25, -0.2) is 0 Å². The molecule has 0 aliphatic heterocycles. The monoisotopic (exact) mass is 180 g/mol. The third-order valence-electron chi connectivity index (χ3n) is 1.66. The van der Waals surface area contributed by atoms with Gasteiger partial charge in [0.1, 0.15) is 0 Å². The summed E-state index contributed by atoms with van der Waals surface area (Å²) in [5, 5.41) is 0.904. The molecule has 0 fully saturated rings. The molecule has 0 atom stereocenters. The van der Waals surface area contributed by atoms with Gasteiger partial charge in [-0.05, 0) is 17.6 Å². The highest BCUT2D eigenvalue weighted by Gasteiger charge is 1.97. The molecule has 0 N–H and O–H groups in total. The van der Waals surface area contributed by atoms with Crippen LogP contribution in [0.25, 0.3) is 6.08 Å². The minimum absolute atomic E-state index is 0.409. The van der Waals surface area contributed by atoms with E-state index < -0.39 is 0 Å². The molecule has 0 bridgehead atoms. The molecule has 0 aliphatic carbocycles. The Morgan fingerprint density at radius 3 is 2.33 bits per heavy atom. The van der Waals surface area contributed by atoms with E-state index in [1.807, 2.05) is 36.4 Å². The van der Waals surface area contributed by atoms with Crippen LogP contribution in [-0.4, -0.2) is 0 Å². The number of rotatable bonds is 2. The lowest BCUT2D eigenvalue weighted by molar-refractivity contribution is 0.818. The Morgan fingerprint density at radius 1 is 1.25 bits per heavy atom. The smallest absolute Gasteiger partial charge is 0.0212 e. The molecule has 0 nitrogen and oxygen atoms in total. The van der Waals surface area contributed by atoms with Crippen molar-refractivity contribution < 1.29 is 0 Å². The van der Waals surface area contributed by atoms with E-state index in [0.29, 0.717) is 5.92 Å². The molecule has 0 aliphatic rings. The van der Waals surface area contributed by atoms with Crippen LogP contribution < -0.4 is 0 Å². The van der Waals surface area contributed by atoms with Crippen LogP contribution in [0.4, 0.5) is 0 Å². The van der Waals surface area contributed by atoms with Crippen molar-refractivity contribution in [2.45, 2.75) is 13.8 Å². The van der Waals surface area contributed by atoms with Crippen LogP contribution in [0.15, 0.2) is 35.4 Å². The van der Waals surface area contributed by atoms with Crippen LogP contribution in [-0.2, 0) is 0 Å². The van der Waals surface area contributed by atoms with Gasteiger partial charge in [0.05, 0.1) is 0 Å². The van der Waals surface area contributed by atoms with Gasteiger partial charge in [-0.3, -0.25) is 0 Å². The molecule has 1 aromatic carbocycles. The summed E-state index contributed by atoms with van der Waals surface area (Å²) < 4.78 is 0. The Labute approximate surface area is 78.9 Å². The fourth-order valence-corrected chi connectivity index (χ4v) is 1.00. The van der Waals surface area contributed by atoms with E-state index in [9.17, 15) is 0 Å². The minimum atomic E-state index is 0.409. The van der Waals surface area contributed by atoms with Crippen molar-refractivity contribution in [3.05, 3.63) is 40.9 Å². The van der Waals surface area contributed by atoms with Crippen LogP contribution in [0.3, 0.4) is 0 Å². The van der Waals surface area contributed by atoms with Gasteiger partial charge in [0.2, 0.25) is 0 Å². The summed E-state index contributed by atoms with van der Waals surface area (Å²) in [6.07, 6.45) is 2.01. The highest BCUT2D eigenvalue weighted by molar-refractivity contribution is 6.31. The van der Waals surface area contributed by atoms with Crippen molar-refractivity contribution in [3.8, 4) is 0 Å². The van der Waals surface area contributed by atoms with Crippen molar-refractivity contribution in [1.82, 2.24) is 0 Å². The second-order valence-corrected chi connectivity index (χ2v) is 3.53. The lowest BCUT2D eigenvalue weighted by Gasteiger charge is -2.01. The van der Waals surface area contributed by atoms with E-state index in [0.717, 1.165) is 10.6 Å². The Hall–Kier alpha value is -0.750. The molecule has 0 amide bonds. The van der Waals surface area contributed by atoms with Gasteiger partial charge in [0.15, 0.2) is 0 Å². The molecule has 0 saturated carbocycles. The highest BCUT2D eigenvalue weighted by atomic mass is 35.5. The lowest BCUT2D eigenvalue weighted by Crippen LogP contribution is -1.84. The van der Waals surface area contributed by atoms with Crippen molar-refractivity contribution in [3.63, 3.8) is 0 Å². The summed E-state index contributed by atoms with van der Waals surface area (Å²) in [6, 6.07) is 10.1. The highest BCUT2D eigenvalue weighted by Crippen LogP contribution is 2.17. The lowest BCUT2D eigenvalue weighted by atomic mass is 10.1. The Bertz CT molecular complexity index is 260. The first-order chi connectivity index (χ1) is 5.70. The molecule has 1 aromatic rings. The van der Waals surface area contributed by atoms with Gasteiger partial charge >= 0.3 is 0 Å². The van der Waals surface area contributed by atoms with Gasteiger partial charge in [-0.15, -0.1) is 0 Å². The van der Waals surface area contributed by atoms with E-state index in [1.165, 1.54) is 0 Å². The molecule has 12 heavy (non-hydrogen) atoms. The van der Waals surface area contributed by atoms with E-state index in [2.05, 4.69) is 13.8 Å². The molecule has 0 spiro atoms. The van der Waals surface area contributed by atoms with Gasteiger partial charge in [0, 0.05) is 5.03 Å². The van der Waals surface area contributed by atoms with Crippen LogP contribution in [0.2, 0.25) is 0 Å². The van der Waals surface area contributed by atoms with E-state index >= 15 is 0 Å². The third kappa shape index (κ3) is 2.71. The predicted molar refractivity (Wildman–Crippen MR) is 55.1 cm³/mol. The summed E-state index contributed by atoms with van der Waals surface area (Å²) in [5.41, 5.74) is 1.16. The Kier molecular flexibility index (Phi) is 3.36. The van der Waals surface area contributed by atoms with Gasteiger partial charge < -0.3 is 0 Å². The molecule has 0 radical (unpaired) electrons. The van der Waals surface area contributed by atoms with Crippen LogP contribution in [0.5, 0.6) is 0 Å². The first kappa shape index (κ1) is 9.34. The number of hydrogen-bond donors (Lipinski definition) is 0. The van der Waals surface area contributed by atoms with Crippen molar-refractivity contribution in [2.75, 3.05) is 0 Å². The first-order valence-corrected chi connectivity index (χ1v) is 4.50. The first-order valence-electron chi connectivity index (χ1n) is 4.12. The predicted octanol–water partition coefficient (Wildman–Crippen LogP) is 3.92. The topological polar surface area (TPSA) is 0 Å². The van der Waals surface area contributed by atoms with Crippen LogP contribution >= 0.6 is 11.6 Å². The number of allylic oxidation sites excluding steroid dienone is 1. The Balaban J connectivity index is 2.81. The summed E-state index contributed by atoms with van der Waals surface area (Å²) in [5.74, 6) is 0.409. The summed E-state index contributed by atoms with van der Waals surface area (Å²) in [4.78, 5) is 0.